The number of hydrogen-bond donors (Lipinski definition) is 1. The zero-order chi connectivity index (χ0) is 11.4. The van der Waals surface area contributed by atoms with Crippen molar-refractivity contribution in [3.05, 3.63) is 22.2 Å². The molecule has 0 spiro atoms. The molecule has 0 aliphatic carbocycles. The Labute approximate surface area is 86.7 Å². The molecule has 0 unspecified atom stereocenters. The van der Waals surface area contributed by atoms with E-state index in [0.29, 0.717) is 12.3 Å². The summed E-state index contributed by atoms with van der Waals surface area (Å²) in [6, 6.07) is 2.64. The highest BCUT2D eigenvalue weighted by Crippen LogP contribution is 2.35. The molecule has 1 aromatic carbocycles. The average Bonchev–Trinajstić information content (AvgIpc) is 2.18. The minimum atomic E-state index is -0.535. The summed E-state index contributed by atoms with van der Waals surface area (Å²) in [6.45, 7) is 2.08. The predicted octanol–water partition coefficient (Wildman–Crippen LogP) is 1.58. The molecule has 1 aromatic rings. The Hall–Kier alpha value is -1.98. The first-order valence-corrected chi connectivity index (χ1v) is 4.34. The smallest absolute Gasteiger partial charge is 0.314 e. The van der Waals surface area contributed by atoms with Crippen molar-refractivity contribution in [2.75, 3.05) is 19.5 Å². The van der Waals surface area contributed by atoms with Crippen LogP contribution in [0.15, 0.2) is 12.1 Å². The zero-order valence-electron chi connectivity index (χ0n) is 8.52. The summed E-state index contributed by atoms with van der Waals surface area (Å²) in [5.41, 5.74) is 5.77. The van der Waals surface area contributed by atoms with Gasteiger partial charge in [-0.15, -0.1) is 0 Å². The molecular weight excluding hydrogens is 200 g/mol. The molecule has 0 atom stereocenters. The van der Waals surface area contributed by atoms with Gasteiger partial charge in [-0.1, -0.05) is 0 Å². The van der Waals surface area contributed by atoms with E-state index in [9.17, 15) is 10.1 Å². The molecule has 0 amide bonds. The lowest BCUT2D eigenvalue weighted by Crippen LogP contribution is -2.00. The van der Waals surface area contributed by atoms with E-state index in [1.54, 1.807) is 6.92 Å². The number of nitrogens with zero attached hydrogens (tertiary/aromatic N) is 1. The maximum atomic E-state index is 10.7. The van der Waals surface area contributed by atoms with Crippen LogP contribution in [0.4, 0.5) is 11.4 Å². The summed E-state index contributed by atoms with van der Waals surface area (Å²) in [6.07, 6.45) is 0. The Morgan fingerprint density at radius 3 is 2.60 bits per heavy atom. The van der Waals surface area contributed by atoms with E-state index in [-0.39, 0.29) is 17.2 Å². The number of nitro benzene ring substituents is 1. The number of nitrogen functional groups attached to an aromatic ring is 1. The van der Waals surface area contributed by atoms with Crippen molar-refractivity contribution in [1.29, 1.82) is 0 Å². The third-order valence-corrected chi connectivity index (χ3v) is 1.81. The van der Waals surface area contributed by atoms with E-state index in [1.807, 2.05) is 0 Å². The lowest BCUT2D eigenvalue weighted by atomic mass is 10.2. The fourth-order valence-electron chi connectivity index (χ4n) is 1.16. The van der Waals surface area contributed by atoms with Crippen molar-refractivity contribution in [3.8, 4) is 11.5 Å². The van der Waals surface area contributed by atoms with Crippen LogP contribution in [-0.2, 0) is 0 Å². The van der Waals surface area contributed by atoms with Crippen molar-refractivity contribution in [2.45, 2.75) is 6.92 Å². The van der Waals surface area contributed by atoms with Gasteiger partial charge in [-0.25, -0.2) is 0 Å². The van der Waals surface area contributed by atoms with Crippen LogP contribution in [0.2, 0.25) is 0 Å². The first kappa shape index (κ1) is 11.1. The van der Waals surface area contributed by atoms with Crippen LogP contribution in [0.25, 0.3) is 0 Å². The number of hydrogen-bond acceptors (Lipinski definition) is 5. The maximum Gasteiger partial charge on any atom is 0.314 e. The van der Waals surface area contributed by atoms with Crippen LogP contribution in [0.3, 0.4) is 0 Å². The highest BCUT2D eigenvalue weighted by atomic mass is 16.6. The van der Waals surface area contributed by atoms with Crippen LogP contribution >= 0.6 is 0 Å². The Balaban J connectivity index is 3.25. The van der Waals surface area contributed by atoms with Crippen LogP contribution < -0.4 is 15.2 Å². The Morgan fingerprint density at radius 2 is 2.13 bits per heavy atom. The molecule has 0 saturated carbocycles. The first-order chi connectivity index (χ1) is 7.10. The quantitative estimate of drug-likeness (QED) is 0.465. The number of nitrogens with two attached hydrogens (primary N) is 1. The average molecular weight is 212 g/mol. The minimum Gasteiger partial charge on any atom is -0.494 e. The van der Waals surface area contributed by atoms with Crippen LogP contribution in [0.1, 0.15) is 6.92 Å². The molecule has 0 radical (unpaired) electrons. The van der Waals surface area contributed by atoms with E-state index in [4.69, 9.17) is 15.2 Å². The molecule has 6 nitrogen and oxygen atoms in total. The second kappa shape index (κ2) is 4.50. The van der Waals surface area contributed by atoms with Crippen molar-refractivity contribution >= 4 is 11.4 Å². The molecular formula is C9H12N2O4. The number of ether oxygens (including phenoxy) is 2. The Bertz CT molecular complexity index is 379. The number of benzene rings is 1. The summed E-state index contributed by atoms with van der Waals surface area (Å²) < 4.78 is 9.99. The normalized spacial score (nSPS) is 9.73. The van der Waals surface area contributed by atoms with Crippen LogP contribution in [0.5, 0.6) is 11.5 Å². The molecule has 82 valence electrons. The number of methoxy groups -OCH3 is 1. The topological polar surface area (TPSA) is 87.6 Å². The summed E-state index contributed by atoms with van der Waals surface area (Å²) in [5, 5.41) is 10.7. The zero-order valence-corrected chi connectivity index (χ0v) is 8.52. The number of anilines is 1. The number of nitro groups is 1. The van der Waals surface area contributed by atoms with Crippen molar-refractivity contribution in [3.63, 3.8) is 0 Å². The van der Waals surface area contributed by atoms with Crippen LogP contribution in [-0.4, -0.2) is 18.6 Å². The minimum absolute atomic E-state index is 0.150. The van der Waals surface area contributed by atoms with Gasteiger partial charge in [0.25, 0.3) is 0 Å². The second-order valence-electron chi connectivity index (χ2n) is 2.75. The molecule has 0 bridgehead atoms. The molecule has 0 fully saturated rings. The lowest BCUT2D eigenvalue weighted by Gasteiger charge is -2.08. The highest BCUT2D eigenvalue weighted by molar-refractivity contribution is 5.64. The SMILES string of the molecule is CCOc1cc(N)c(OC)cc1[N+](=O)[O-]. The van der Waals surface area contributed by atoms with Gasteiger partial charge in [-0.2, -0.15) is 0 Å². The predicted molar refractivity (Wildman–Crippen MR) is 55.2 cm³/mol. The van der Waals surface area contributed by atoms with Gasteiger partial charge in [-0.05, 0) is 6.92 Å². The van der Waals surface area contributed by atoms with Crippen molar-refractivity contribution in [2.24, 2.45) is 0 Å². The molecule has 0 aliphatic heterocycles. The Kier molecular flexibility index (Phi) is 3.33. The van der Waals surface area contributed by atoms with Gasteiger partial charge in [0.05, 0.1) is 30.4 Å². The molecule has 0 aromatic heterocycles. The third kappa shape index (κ3) is 2.28. The standard InChI is InChI=1S/C9H12N2O4/c1-3-15-9-4-6(10)8(14-2)5-7(9)11(12)13/h4-5H,3,10H2,1-2H3. The molecule has 6 heteroatoms. The third-order valence-electron chi connectivity index (χ3n) is 1.81. The lowest BCUT2D eigenvalue weighted by molar-refractivity contribution is -0.385. The summed E-state index contributed by atoms with van der Waals surface area (Å²) in [4.78, 5) is 10.2. The highest BCUT2D eigenvalue weighted by Gasteiger charge is 2.18. The van der Waals surface area contributed by atoms with E-state index in [2.05, 4.69) is 0 Å². The maximum absolute atomic E-state index is 10.7. The molecule has 1 rings (SSSR count). The van der Waals surface area contributed by atoms with Gasteiger partial charge in [0.15, 0.2) is 5.75 Å². The monoisotopic (exact) mass is 212 g/mol. The molecule has 0 saturated heterocycles. The second-order valence-corrected chi connectivity index (χ2v) is 2.75. The van der Waals surface area contributed by atoms with Gasteiger partial charge >= 0.3 is 5.69 Å². The van der Waals surface area contributed by atoms with Gasteiger partial charge in [0.1, 0.15) is 5.75 Å². The molecule has 0 heterocycles. The molecule has 2 N–H and O–H groups in total. The van der Waals surface area contributed by atoms with Gasteiger partial charge in [0, 0.05) is 6.07 Å². The fraction of sp³-hybridized carbons (Fsp3) is 0.333. The summed E-state index contributed by atoms with van der Waals surface area (Å²) in [5.74, 6) is 0.422. The molecule has 0 aliphatic rings. The van der Waals surface area contributed by atoms with Crippen LogP contribution in [0, 0.1) is 10.1 Å². The van der Waals surface area contributed by atoms with E-state index < -0.39 is 4.92 Å². The summed E-state index contributed by atoms with van der Waals surface area (Å²) in [7, 11) is 1.40. The first-order valence-electron chi connectivity index (χ1n) is 4.34. The number of rotatable bonds is 4. The fourth-order valence-corrected chi connectivity index (χ4v) is 1.16. The van der Waals surface area contributed by atoms with Gasteiger partial charge in [0.2, 0.25) is 0 Å². The largest absolute Gasteiger partial charge is 0.494 e. The van der Waals surface area contributed by atoms with E-state index in [1.165, 1.54) is 19.2 Å². The summed E-state index contributed by atoms with van der Waals surface area (Å²) >= 11 is 0. The van der Waals surface area contributed by atoms with Gasteiger partial charge in [-0.3, -0.25) is 10.1 Å². The van der Waals surface area contributed by atoms with E-state index >= 15 is 0 Å². The molecule has 15 heavy (non-hydrogen) atoms. The van der Waals surface area contributed by atoms with E-state index in [0.717, 1.165) is 0 Å². The Morgan fingerprint density at radius 1 is 1.47 bits per heavy atom. The van der Waals surface area contributed by atoms with Crippen molar-refractivity contribution < 1.29 is 14.4 Å². The van der Waals surface area contributed by atoms with Crippen molar-refractivity contribution in [1.82, 2.24) is 0 Å². The van der Waals surface area contributed by atoms with Gasteiger partial charge < -0.3 is 15.2 Å².